The molecule has 0 amide bonds. The highest BCUT2D eigenvalue weighted by Crippen LogP contribution is 2.37. The Morgan fingerprint density at radius 2 is 1.46 bits per heavy atom. The number of ether oxygens (including phenoxy) is 2. The summed E-state index contributed by atoms with van der Waals surface area (Å²) in [4.78, 5) is 2.09. The Balaban J connectivity index is 1.82. The quantitative estimate of drug-likeness (QED) is 0.663. The summed E-state index contributed by atoms with van der Waals surface area (Å²) in [6.45, 7) is 1.67. The molecule has 0 unspecified atom stereocenters. The molecule has 0 spiro atoms. The summed E-state index contributed by atoms with van der Waals surface area (Å²) in [6.07, 6.45) is 0. The summed E-state index contributed by atoms with van der Waals surface area (Å²) in [5.41, 5.74) is 0.900. The molecule has 0 aromatic heterocycles. The van der Waals surface area contributed by atoms with Crippen molar-refractivity contribution in [2.75, 3.05) is 45.3 Å². The molecule has 152 valence electrons. The number of rotatable bonds is 5. The molecule has 0 N–H and O–H groups in total. The van der Waals surface area contributed by atoms with Gasteiger partial charge in [0, 0.05) is 44.0 Å². The van der Waals surface area contributed by atoms with Crippen LogP contribution in [0, 0.1) is 0 Å². The minimum atomic E-state index is -3.78. The smallest absolute Gasteiger partial charge is 0.247 e. The van der Waals surface area contributed by atoms with E-state index in [-0.39, 0.29) is 21.4 Å². The van der Waals surface area contributed by atoms with Crippen LogP contribution in [0.2, 0.25) is 15.1 Å². The van der Waals surface area contributed by atoms with E-state index in [0.29, 0.717) is 36.2 Å². The molecule has 0 saturated carbocycles. The number of halogens is 3. The molecule has 1 aliphatic rings. The average Bonchev–Trinajstić information content (AvgIpc) is 2.69. The minimum absolute atomic E-state index is 0.0271. The fourth-order valence-electron chi connectivity index (χ4n) is 3.04. The van der Waals surface area contributed by atoms with Crippen LogP contribution >= 0.6 is 34.8 Å². The molecular weight excluding hydrogens is 447 g/mol. The second-order valence-electron chi connectivity index (χ2n) is 6.13. The maximum Gasteiger partial charge on any atom is 0.247 e. The number of hydrogen-bond donors (Lipinski definition) is 0. The van der Waals surface area contributed by atoms with Gasteiger partial charge < -0.3 is 14.4 Å². The summed E-state index contributed by atoms with van der Waals surface area (Å²) in [7, 11) is -0.946. The van der Waals surface area contributed by atoms with Gasteiger partial charge in [-0.25, -0.2) is 8.42 Å². The number of piperazine rings is 1. The van der Waals surface area contributed by atoms with Crippen molar-refractivity contribution in [2.24, 2.45) is 0 Å². The van der Waals surface area contributed by atoms with Crippen molar-refractivity contribution < 1.29 is 17.9 Å². The Morgan fingerprint density at radius 3 is 2.04 bits per heavy atom. The second-order valence-corrected chi connectivity index (χ2v) is 9.26. The van der Waals surface area contributed by atoms with Gasteiger partial charge in [0.1, 0.15) is 16.4 Å². The summed E-state index contributed by atoms with van der Waals surface area (Å²) in [5.74, 6) is 0.452. The Kier molecular flexibility index (Phi) is 6.51. The molecule has 2 aromatic carbocycles. The van der Waals surface area contributed by atoms with Crippen molar-refractivity contribution in [3.63, 3.8) is 0 Å². The minimum Gasteiger partial charge on any atom is -0.495 e. The van der Waals surface area contributed by atoms with Gasteiger partial charge in [-0.2, -0.15) is 4.31 Å². The van der Waals surface area contributed by atoms with Gasteiger partial charge in [-0.1, -0.05) is 34.8 Å². The monoisotopic (exact) mass is 464 g/mol. The third-order valence-electron chi connectivity index (χ3n) is 4.56. The van der Waals surface area contributed by atoms with E-state index in [2.05, 4.69) is 4.90 Å². The fraction of sp³-hybridized carbons (Fsp3) is 0.333. The van der Waals surface area contributed by atoms with Gasteiger partial charge in [0.05, 0.1) is 29.3 Å². The van der Waals surface area contributed by atoms with Gasteiger partial charge in [0.25, 0.3) is 0 Å². The first kappa shape index (κ1) is 21.3. The molecule has 1 aliphatic heterocycles. The Labute approximate surface area is 179 Å². The maximum absolute atomic E-state index is 13.2. The lowest BCUT2D eigenvalue weighted by atomic mass is 10.2. The van der Waals surface area contributed by atoms with Gasteiger partial charge in [0.2, 0.25) is 10.0 Å². The molecule has 2 aromatic rings. The molecule has 1 saturated heterocycles. The van der Waals surface area contributed by atoms with E-state index in [1.807, 2.05) is 6.07 Å². The van der Waals surface area contributed by atoms with E-state index in [9.17, 15) is 8.42 Å². The van der Waals surface area contributed by atoms with Crippen molar-refractivity contribution in [2.45, 2.75) is 4.90 Å². The first-order valence-corrected chi connectivity index (χ1v) is 11.0. The largest absolute Gasteiger partial charge is 0.495 e. The van der Waals surface area contributed by atoms with E-state index < -0.39 is 10.0 Å². The summed E-state index contributed by atoms with van der Waals surface area (Å²) < 4.78 is 38.2. The zero-order valence-corrected chi connectivity index (χ0v) is 18.4. The highest BCUT2D eigenvalue weighted by Gasteiger charge is 2.32. The number of hydrogen-bond acceptors (Lipinski definition) is 5. The van der Waals surface area contributed by atoms with Crippen molar-refractivity contribution in [3.05, 3.63) is 45.4 Å². The van der Waals surface area contributed by atoms with Crippen LogP contribution in [0.3, 0.4) is 0 Å². The molecule has 0 radical (unpaired) electrons. The van der Waals surface area contributed by atoms with Gasteiger partial charge in [-0.05, 0) is 18.2 Å². The molecule has 0 bridgehead atoms. The lowest BCUT2D eigenvalue weighted by molar-refractivity contribution is 0.371. The van der Waals surface area contributed by atoms with Crippen molar-refractivity contribution in [1.29, 1.82) is 0 Å². The molecule has 1 heterocycles. The van der Waals surface area contributed by atoms with Crippen molar-refractivity contribution in [3.8, 4) is 11.5 Å². The number of benzene rings is 2. The highest BCUT2D eigenvalue weighted by atomic mass is 35.5. The van der Waals surface area contributed by atoms with E-state index >= 15 is 0 Å². The molecule has 28 heavy (non-hydrogen) atoms. The molecule has 0 atom stereocenters. The standard InChI is InChI=1S/C18H19Cl3N2O4S/c1-26-16-11-18(17(27-2)10-15(16)21)28(24,25)23-7-5-22(6-8-23)12-3-4-13(19)14(20)9-12/h3-4,9-11H,5-8H2,1-2H3. The second kappa shape index (κ2) is 8.55. The molecule has 6 nitrogen and oxygen atoms in total. The lowest BCUT2D eigenvalue weighted by Crippen LogP contribution is -2.48. The van der Waals surface area contributed by atoms with E-state index in [1.54, 1.807) is 12.1 Å². The highest BCUT2D eigenvalue weighted by molar-refractivity contribution is 7.89. The van der Waals surface area contributed by atoms with Crippen LogP contribution in [-0.4, -0.2) is 53.1 Å². The van der Waals surface area contributed by atoms with Crippen LogP contribution in [-0.2, 0) is 10.0 Å². The Bertz CT molecular complexity index is 977. The molecule has 0 aliphatic carbocycles. The molecular formula is C18H19Cl3N2O4S. The van der Waals surface area contributed by atoms with Crippen LogP contribution in [0.1, 0.15) is 0 Å². The number of sulfonamides is 1. The van der Waals surface area contributed by atoms with Gasteiger partial charge >= 0.3 is 0 Å². The number of methoxy groups -OCH3 is 2. The van der Waals surface area contributed by atoms with E-state index in [0.717, 1.165) is 5.69 Å². The van der Waals surface area contributed by atoms with Gasteiger partial charge in [-0.3, -0.25) is 0 Å². The number of nitrogens with zero attached hydrogens (tertiary/aromatic N) is 2. The van der Waals surface area contributed by atoms with Crippen LogP contribution in [0.5, 0.6) is 11.5 Å². The average molecular weight is 466 g/mol. The topological polar surface area (TPSA) is 59.1 Å². The lowest BCUT2D eigenvalue weighted by Gasteiger charge is -2.35. The first-order valence-electron chi connectivity index (χ1n) is 8.39. The van der Waals surface area contributed by atoms with Crippen molar-refractivity contribution >= 4 is 50.5 Å². The van der Waals surface area contributed by atoms with E-state index in [1.165, 1.54) is 30.7 Å². The number of anilines is 1. The molecule has 10 heteroatoms. The van der Waals surface area contributed by atoms with Crippen LogP contribution < -0.4 is 14.4 Å². The maximum atomic E-state index is 13.2. The summed E-state index contributed by atoms with van der Waals surface area (Å²) in [5, 5.41) is 1.23. The van der Waals surface area contributed by atoms with Crippen molar-refractivity contribution in [1.82, 2.24) is 4.31 Å². The van der Waals surface area contributed by atoms with Crippen LogP contribution in [0.4, 0.5) is 5.69 Å². The predicted molar refractivity (Wildman–Crippen MR) is 112 cm³/mol. The van der Waals surface area contributed by atoms with Crippen LogP contribution in [0.25, 0.3) is 0 Å². The van der Waals surface area contributed by atoms with Crippen LogP contribution in [0.15, 0.2) is 35.2 Å². The Morgan fingerprint density at radius 1 is 0.821 bits per heavy atom. The third kappa shape index (κ3) is 4.14. The summed E-state index contributed by atoms with van der Waals surface area (Å²) in [6, 6.07) is 8.21. The molecule has 1 fully saturated rings. The first-order chi connectivity index (χ1) is 13.3. The molecule has 3 rings (SSSR count). The van der Waals surface area contributed by atoms with Gasteiger partial charge in [-0.15, -0.1) is 0 Å². The normalized spacial score (nSPS) is 15.5. The zero-order valence-electron chi connectivity index (χ0n) is 15.3. The Hall–Kier alpha value is -1.38. The van der Waals surface area contributed by atoms with E-state index in [4.69, 9.17) is 44.3 Å². The third-order valence-corrected chi connectivity index (χ3v) is 7.52. The predicted octanol–water partition coefficient (Wildman–Crippen LogP) is 4.17. The SMILES string of the molecule is COc1cc(S(=O)(=O)N2CCN(c3ccc(Cl)c(Cl)c3)CC2)c(OC)cc1Cl. The van der Waals surface area contributed by atoms with Gasteiger partial charge in [0.15, 0.2) is 0 Å². The summed E-state index contributed by atoms with van der Waals surface area (Å²) >= 11 is 18.1. The fourth-order valence-corrected chi connectivity index (χ4v) is 5.14. The zero-order chi connectivity index (χ0) is 20.5.